The molecule has 7 nitrogen and oxygen atoms in total. The number of halogens is 1. The molecule has 0 spiro atoms. The lowest BCUT2D eigenvalue weighted by atomic mass is 9.98. The van der Waals surface area contributed by atoms with Crippen LogP contribution >= 0.6 is 45.8 Å². The standard InChI is InChI=1S/C25H32ClNO6S3/c1-31-25(30)24(19-7-3-4-8-20(19)26)27-12-10-21(34)17(15-27)14-23(29)33-16-32-22(28)9-5-2-6-18-11-13-35-36-18/h3-4,7-8,14,18,21,24,34H,2,5-6,9-13,15-16H2,1H3/b17-14-/t18-,21?,24-/m0/s1. The zero-order valence-corrected chi connectivity index (χ0v) is 23.5. The highest BCUT2D eigenvalue weighted by Crippen LogP contribution is 2.40. The summed E-state index contributed by atoms with van der Waals surface area (Å²) < 4.78 is 15.2. The lowest BCUT2D eigenvalue weighted by molar-refractivity contribution is -0.164. The summed E-state index contributed by atoms with van der Waals surface area (Å²) in [6, 6.07) is 6.40. The van der Waals surface area contributed by atoms with Crippen molar-refractivity contribution in [2.45, 2.75) is 55.1 Å². The van der Waals surface area contributed by atoms with Gasteiger partial charge in [0.2, 0.25) is 6.79 Å². The molecule has 198 valence electrons. The summed E-state index contributed by atoms with van der Waals surface area (Å²) in [7, 11) is 5.18. The highest BCUT2D eigenvalue weighted by atomic mass is 35.5. The van der Waals surface area contributed by atoms with Crippen LogP contribution in [-0.4, -0.2) is 66.1 Å². The van der Waals surface area contributed by atoms with Crippen molar-refractivity contribution in [3.63, 3.8) is 0 Å². The molecule has 0 bridgehead atoms. The molecule has 2 saturated heterocycles. The summed E-state index contributed by atoms with van der Waals surface area (Å²) in [5.74, 6) is -0.226. The molecule has 0 aromatic heterocycles. The lowest BCUT2D eigenvalue weighted by Crippen LogP contribution is -2.42. The van der Waals surface area contributed by atoms with Crippen molar-refractivity contribution < 1.29 is 28.6 Å². The van der Waals surface area contributed by atoms with Crippen molar-refractivity contribution in [1.82, 2.24) is 4.90 Å². The van der Waals surface area contributed by atoms with Gasteiger partial charge >= 0.3 is 17.9 Å². The van der Waals surface area contributed by atoms with E-state index in [2.05, 4.69) is 12.6 Å². The Morgan fingerprint density at radius 1 is 1.22 bits per heavy atom. The molecule has 3 atom stereocenters. The number of benzene rings is 1. The second-order valence-electron chi connectivity index (χ2n) is 8.61. The Labute approximate surface area is 230 Å². The van der Waals surface area contributed by atoms with Crippen LogP contribution in [0, 0.1) is 0 Å². The quantitative estimate of drug-likeness (QED) is 0.0953. The number of carbonyl (C=O) groups is 3. The van der Waals surface area contributed by atoms with Crippen LogP contribution < -0.4 is 0 Å². The van der Waals surface area contributed by atoms with Gasteiger partial charge in [0.1, 0.15) is 6.04 Å². The van der Waals surface area contributed by atoms with E-state index in [9.17, 15) is 14.4 Å². The van der Waals surface area contributed by atoms with Gasteiger partial charge < -0.3 is 14.2 Å². The number of carbonyl (C=O) groups excluding carboxylic acids is 3. The Hall–Kier alpha value is -1.33. The van der Waals surface area contributed by atoms with Crippen LogP contribution in [0.2, 0.25) is 5.02 Å². The number of hydrogen-bond donors (Lipinski definition) is 1. The Bertz CT molecular complexity index is 940. The topological polar surface area (TPSA) is 82.1 Å². The number of methoxy groups -OCH3 is 1. The predicted molar refractivity (Wildman–Crippen MR) is 147 cm³/mol. The molecule has 1 aromatic carbocycles. The van der Waals surface area contributed by atoms with Crippen LogP contribution in [0.4, 0.5) is 0 Å². The van der Waals surface area contributed by atoms with Gasteiger partial charge in [-0.05, 0) is 42.9 Å². The first-order valence-electron chi connectivity index (χ1n) is 11.9. The van der Waals surface area contributed by atoms with Gasteiger partial charge in [-0.2, -0.15) is 12.6 Å². The summed E-state index contributed by atoms with van der Waals surface area (Å²) >= 11 is 11.0. The van der Waals surface area contributed by atoms with E-state index in [1.807, 2.05) is 32.6 Å². The van der Waals surface area contributed by atoms with Crippen LogP contribution in [0.1, 0.15) is 50.1 Å². The normalized spacial score (nSPS) is 22.2. The minimum atomic E-state index is -0.712. The van der Waals surface area contributed by atoms with Gasteiger partial charge in [-0.3, -0.25) is 9.69 Å². The highest BCUT2D eigenvalue weighted by molar-refractivity contribution is 8.77. The minimum absolute atomic E-state index is 0.169. The van der Waals surface area contributed by atoms with Crippen molar-refractivity contribution in [2.75, 3.05) is 32.7 Å². The second-order valence-corrected chi connectivity index (χ2v) is 12.4. The van der Waals surface area contributed by atoms with Crippen LogP contribution in [0.3, 0.4) is 0 Å². The van der Waals surface area contributed by atoms with Crippen molar-refractivity contribution in [2.24, 2.45) is 0 Å². The van der Waals surface area contributed by atoms with Crippen molar-refractivity contribution in [3.8, 4) is 0 Å². The monoisotopic (exact) mass is 573 g/mol. The van der Waals surface area contributed by atoms with Crippen LogP contribution in [-0.2, 0) is 28.6 Å². The maximum atomic E-state index is 12.6. The van der Waals surface area contributed by atoms with E-state index in [4.69, 9.17) is 25.8 Å². The van der Waals surface area contributed by atoms with Crippen LogP contribution in [0.15, 0.2) is 35.9 Å². The average Bonchev–Trinajstić information content (AvgIpc) is 3.38. The molecule has 2 aliphatic rings. The zero-order chi connectivity index (χ0) is 25.9. The predicted octanol–water partition coefficient (Wildman–Crippen LogP) is 5.24. The SMILES string of the molecule is COC(=O)[C@H](c1ccccc1Cl)N1CCC(S)/C(=C\C(=O)OCOC(=O)CCCC[C@H]2CCSS2)C1. The van der Waals surface area contributed by atoms with E-state index in [-0.39, 0.29) is 11.2 Å². The number of likely N-dealkylation sites (tertiary alicyclic amines) is 1. The largest absolute Gasteiger partial charge is 0.468 e. The third-order valence-corrected chi connectivity index (χ3v) is 10.0. The van der Waals surface area contributed by atoms with E-state index in [0.29, 0.717) is 47.3 Å². The number of unbranched alkanes of at least 4 members (excludes halogenated alkanes) is 1. The maximum Gasteiger partial charge on any atom is 0.333 e. The fourth-order valence-corrected chi connectivity index (χ4v) is 7.70. The fraction of sp³-hybridized carbons (Fsp3) is 0.560. The molecule has 1 aromatic rings. The Morgan fingerprint density at radius 3 is 2.75 bits per heavy atom. The van der Waals surface area contributed by atoms with Gasteiger partial charge in [0, 0.05) is 46.9 Å². The van der Waals surface area contributed by atoms with Crippen LogP contribution in [0.5, 0.6) is 0 Å². The smallest absolute Gasteiger partial charge is 0.333 e. The number of esters is 3. The van der Waals surface area contributed by atoms with E-state index < -0.39 is 24.8 Å². The van der Waals surface area contributed by atoms with Gasteiger partial charge in [-0.15, -0.1) is 0 Å². The van der Waals surface area contributed by atoms with Gasteiger partial charge in [-0.25, -0.2) is 9.59 Å². The van der Waals surface area contributed by atoms with Crippen molar-refractivity contribution >= 4 is 63.7 Å². The van der Waals surface area contributed by atoms with Gasteiger partial charge in [0.05, 0.1) is 7.11 Å². The molecule has 0 saturated carbocycles. The first kappa shape index (κ1) is 29.2. The van der Waals surface area contributed by atoms with Gasteiger partial charge in [-0.1, -0.05) is 57.8 Å². The van der Waals surface area contributed by atoms with Crippen LogP contribution in [0.25, 0.3) is 0 Å². The summed E-state index contributed by atoms with van der Waals surface area (Å²) in [5.41, 5.74) is 1.34. The number of nitrogens with zero attached hydrogens (tertiary/aromatic N) is 1. The minimum Gasteiger partial charge on any atom is -0.468 e. The third-order valence-electron chi connectivity index (χ3n) is 6.10. The molecular weight excluding hydrogens is 542 g/mol. The van der Waals surface area contributed by atoms with E-state index in [1.54, 1.807) is 18.2 Å². The molecule has 3 rings (SSSR count). The molecule has 2 aliphatic heterocycles. The number of piperidine rings is 1. The fourth-order valence-electron chi connectivity index (χ4n) is 4.16. The molecule has 11 heteroatoms. The second kappa shape index (κ2) is 15.2. The number of rotatable bonds is 11. The molecule has 0 aliphatic carbocycles. The molecule has 1 unspecified atom stereocenters. The van der Waals surface area contributed by atoms with Gasteiger partial charge in [0.25, 0.3) is 0 Å². The summed E-state index contributed by atoms with van der Waals surface area (Å²) in [6.45, 7) is 0.454. The Balaban J connectivity index is 1.48. The first-order valence-corrected chi connectivity index (χ1v) is 15.2. The van der Waals surface area contributed by atoms with Gasteiger partial charge in [0.15, 0.2) is 0 Å². The Morgan fingerprint density at radius 2 is 2.03 bits per heavy atom. The molecule has 0 N–H and O–H groups in total. The van der Waals surface area contributed by atoms with E-state index in [1.165, 1.54) is 25.4 Å². The van der Waals surface area contributed by atoms with Crippen molar-refractivity contribution in [1.29, 1.82) is 0 Å². The lowest BCUT2D eigenvalue weighted by Gasteiger charge is -2.36. The number of hydrogen-bond acceptors (Lipinski definition) is 10. The Kier molecular flexibility index (Phi) is 12.3. The molecule has 0 radical (unpaired) electrons. The number of ether oxygens (including phenoxy) is 3. The van der Waals surface area contributed by atoms with Crippen molar-refractivity contribution in [3.05, 3.63) is 46.5 Å². The van der Waals surface area contributed by atoms with E-state index in [0.717, 1.165) is 19.3 Å². The number of thiol groups is 1. The molecule has 2 heterocycles. The maximum absolute atomic E-state index is 12.6. The highest BCUT2D eigenvalue weighted by Gasteiger charge is 2.34. The average molecular weight is 574 g/mol. The zero-order valence-electron chi connectivity index (χ0n) is 20.2. The summed E-state index contributed by atoms with van der Waals surface area (Å²) in [5, 5.41) is 0.986. The molecule has 0 amide bonds. The molecule has 36 heavy (non-hydrogen) atoms. The van der Waals surface area contributed by atoms with E-state index >= 15 is 0 Å². The summed E-state index contributed by atoms with van der Waals surface area (Å²) in [4.78, 5) is 38.8. The summed E-state index contributed by atoms with van der Waals surface area (Å²) in [6.07, 6.45) is 6.39. The third kappa shape index (κ3) is 8.90. The molecular formula is C25H32ClNO6S3. The molecule has 2 fully saturated rings. The first-order chi connectivity index (χ1) is 17.4.